The molecule has 3 atom stereocenters. The molecular weight excluding hydrogens is 513 g/mol. The fraction of sp³-hybridized carbons (Fsp3) is 0.679. The highest BCUT2D eigenvalue weighted by atomic mass is 19.4. The predicted octanol–water partition coefficient (Wildman–Crippen LogP) is 4.31. The van der Waals surface area contributed by atoms with Crippen molar-refractivity contribution < 1.29 is 32.8 Å². The minimum absolute atomic E-state index is 0.0328. The highest BCUT2D eigenvalue weighted by Gasteiger charge is 2.40. The molecule has 3 amide bonds. The summed E-state index contributed by atoms with van der Waals surface area (Å²) >= 11 is 0. The molecule has 0 radical (unpaired) electrons. The molecule has 1 aliphatic rings. The first kappa shape index (κ1) is 32.6. The molecule has 0 saturated carbocycles. The van der Waals surface area contributed by atoms with Crippen molar-refractivity contribution in [2.45, 2.75) is 85.1 Å². The first-order chi connectivity index (χ1) is 18.2. The summed E-state index contributed by atoms with van der Waals surface area (Å²) in [5.41, 5.74) is -0.508. The van der Waals surface area contributed by atoms with Crippen LogP contribution in [0.25, 0.3) is 0 Å². The van der Waals surface area contributed by atoms with E-state index in [9.17, 15) is 32.8 Å². The van der Waals surface area contributed by atoms with E-state index in [1.54, 1.807) is 4.90 Å². The van der Waals surface area contributed by atoms with E-state index in [-0.39, 0.29) is 30.8 Å². The Morgan fingerprint density at radius 1 is 1.18 bits per heavy atom. The third kappa shape index (κ3) is 9.49. The molecule has 11 heteroatoms. The van der Waals surface area contributed by atoms with Crippen LogP contribution >= 0.6 is 0 Å². The summed E-state index contributed by atoms with van der Waals surface area (Å²) in [5.74, 6) is -1.23. The predicted molar refractivity (Wildman–Crippen MR) is 141 cm³/mol. The summed E-state index contributed by atoms with van der Waals surface area (Å²) in [7, 11) is 0. The Balaban J connectivity index is 2.10. The number of carbonyl (C=O) groups is 3. The maximum absolute atomic E-state index is 13.7. The molecule has 8 nitrogen and oxygen atoms in total. The van der Waals surface area contributed by atoms with Crippen LogP contribution in [0.5, 0.6) is 0 Å². The number of nitrogens with one attached hydrogen (secondary N) is 1. The van der Waals surface area contributed by atoms with Gasteiger partial charge in [-0.1, -0.05) is 59.6 Å². The summed E-state index contributed by atoms with van der Waals surface area (Å²) in [4.78, 5) is 41.6. The van der Waals surface area contributed by atoms with Gasteiger partial charge in [0, 0.05) is 25.7 Å². The number of likely N-dealkylation sites (N-methyl/N-ethyl adjacent to an activating group) is 1. The first-order valence-corrected chi connectivity index (χ1v) is 13.6. The van der Waals surface area contributed by atoms with Crippen molar-refractivity contribution in [3.63, 3.8) is 0 Å². The van der Waals surface area contributed by atoms with Crippen molar-refractivity contribution in [1.29, 1.82) is 0 Å². The number of alkyl halides is 3. The third-order valence-electron chi connectivity index (χ3n) is 7.27. The number of rotatable bonds is 13. The molecule has 1 aliphatic heterocycles. The van der Waals surface area contributed by atoms with Crippen molar-refractivity contribution in [1.82, 2.24) is 20.2 Å². The first-order valence-electron chi connectivity index (χ1n) is 13.6. The number of hydroxylamine groups is 2. The van der Waals surface area contributed by atoms with E-state index < -0.39 is 29.1 Å². The van der Waals surface area contributed by atoms with Crippen LogP contribution < -0.4 is 5.32 Å². The Kier molecular flexibility index (Phi) is 11.8. The summed E-state index contributed by atoms with van der Waals surface area (Å²) in [5, 5.41) is 13.0. The molecule has 0 spiro atoms. The van der Waals surface area contributed by atoms with Gasteiger partial charge in [-0.2, -0.15) is 13.2 Å². The Morgan fingerprint density at radius 2 is 1.82 bits per heavy atom. The molecule has 0 bridgehead atoms. The van der Waals surface area contributed by atoms with Crippen LogP contribution in [0, 0.1) is 11.3 Å². The average Bonchev–Trinajstić information content (AvgIpc) is 3.36. The van der Waals surface area contributed by atoms with Gasteiger partial charge in [0.15, 0.2) is 0 Å². The van der Waals surface area contributed by atoms with Crippen LogP contribution in [0.2, 0.25) is 0 Å². The molecule has 2 rings (SSSR count). The van der Waals surface area contributed by atoms with Crippen LogP contribution in [0.4, 0.5) is 13.2 Å². The van der Waals surface area contributed by atoms with Crippen LogP contribution in [0.1, 0.15) is 71.4 Å². The van der Waals surface area contributed by atoms with Crippen LogP contribution in [0.3, 0.4) is 0 Å². The number of hydrogen-bond acceptors (Lipinski definition) is 5. The van der Waals surface area contributed by atoms with Gasteiger partial charge in [-0.25, -0.2) is 5.06 Å². The molecule has 2 N–H and O–H groups in total. The van der Waals surface area contributed by atoms with Crippen molar-refractivity contribution in [3.8, 4) is 0 Å². The summed E-state index contributed by atoms with van der Waals surface area (Å²) in [6.45, 7) is 11.5. The van der Waals surface area contributed by atoms with Crippen LogP contribution in [0.15, 0.2) is 24.3 Å². The SMILES string of the molecule is CCCC[C@H](CN(O)C=O)C(=O)N[C@H](C(=O)N1CC[C@@H](N(CC)Cc2ccc(C(F)(F)F)cc2)C1)C(C)(C)C. The van der Waals surface area contributed by atoms with Gasteiger partial charge in [0.25, 0.3) is 0 Å². The van der Waals surface area contributed by atoms with Crippen molar-refractivity contribution in [2.75, 3.05) is 26.2 Å². The number of amides is 3. The number of benzene rings is 1. The number of likely N-dealkylation sites (tertiary alicyclic amines) is 1. The second-order valence-corrected chi connectivity index (χ2v) is 11.4. The highest BCUT2D eigenvalue weighted by Crippen LogP contribution is 2.30. The summed E-state index contributed by atoms with van der Waals surface area (Å²) in [6.07, 6.45) is -1.36. The molecule has 0 unspecified atom stereocenters. The Morgan fingerprint density at radius 3 is 2.33 bits per heavy atom. The van der Waals surface area contributed by atoms with Crippen LogP contribution in [-0.4, -0.2) is 76.6 Å². The van der Waals surface area contributed by atoms with E-state index in [2.05, 4.69) is 10.2 Å². The normalized spacial score (nSPS) is 17.7. The van der Waals surface area contributed by atoms with E-state index >= 15 is 0 Å². The zero-order chi connectivity index (χ0) is 29.4. The van der Waals surface area contributed by atoms with Gasteiger partial charge in [-0.05, 0) is 42.5 Å². The Hall–Kier alpha value is -2.66. The molecule has 220 valence electrons. The van der Waals surface area contributed by atoms with Gasteiger partial charge in [0.05, 0.1) is 18.0 Å². The quantitative estimate of drug-likeness (QED) is 0.215. The largest absolute Gasteiger partial charge is 0.416 e. The zero-order valence-corrected chi connectivity index (χ0v) is 23.6. The molecule has 1 aromatic rings. The van der Waals surface area contributed by atoms with Crippen molar-refractivity contribution in [3.05, 3.63) is 35.4 Å². The monoisotopic (exact) mass is 556 g/mol. The van der Waals surface area contributed by atoms with Gasteiger partial charge < -0.3 is 10.2 Å². The van der Waals surface area contributed by atoms with Gasteiger partial charge in [-0.3, -0.25) is 24.5 Å². The Labute approximate surface area is 229 Å². The lowest BCUT2D eigenvalue weighted by atomic mass is 9.85. The maximum Gasteiger partial charge on any atom is 0.416 e. The van der Waals surface area contributed by atoms with Crippen molar-refractivity contribution >= 4 is 18.2 Å². The van der Waals surface area contributed by atoms with E-state index in [0.717, 1.165) is 30.5 Å². The number of halogens is 3. The lowest BCUT2D eigenvalue weighted by Crippen LogP contribution is -2.56. The second kappa shape index (κ2) is 14.1. The van der Waals surface area contributed by atoms with Gasteiger partial charge in [0.1, 0.15) is 6.04 Å². The Bertz CT molecular complexity index is 950. The van der Waals surface area contributed by atoms with Gasteiger partial charge in [0.2, 0.25) is 18.2 Å². The molecule has 0 aromatic heterocycles. The smallest absolute Gasteiger partial charge is 0.344 e. The fourth-order valence-electron chi connectivity index (χ4n) is 4.89. The van der Waals surface area contributed by atoms with E-state index in [0.29, 0.717) is 44.1 Å². The number of hydrogen-bond donors (Lipinski definition) is 2. The van der Waals surface area contributed by atoms with Gasteiger partial charge >= 0.3 is 6.18 Å². The molecular formula is C28H43F3N4O4. The molecule has 0 aliphatic carbocycles. The standard InChI is InChI=1S/C28H43F3N4O4/c1-6-8-9-21(17-35(39)19-36)25(37)32-24(27(3,4)5)26(38)34-15-14-23(18-34)33(7-2)16-20-10-12-22(13-11-20)28(29,30)31/h10-13,19,21,23-24,39H,6-9,14-18H2,1-5H3,(H,32,37)/t21-,23-,24-/m1/s1. The fourth-order valence-corrected chi connectivity index (χ4v) is 4.89. The molecule has 39 heavy (non-hydrogen) atoms. The zero-order valence-electron chi connectivity index (χ0n) is 23.6. The van der Waals surface area contributed by atoms with Crippen LogP contribution in [-0.2, 0) is 27.1 Å². The molecule has 1 aromatic carbocycles. The van der Waals surface area contributed by atoms with E-state index in [1.165, 1.54) is 12.1 Å². The third-order valence-corrected chi connectivity index (χ3v) is 7.27. The minimum atomic E-state index is -4.38. The number of nitrogens with zero attached hydrogens (tertiary/aromatic N) is 3. The lowest BCUT2D eigenvalue weighted by molar-refractivity contribution is -0.155. The average molecular weight is 557 g/mol. The van der Waals surface area contributed by atoms with Crippen molar-refractivity contribution in [2.24, 2.45) is 11.3 Å². The summed E-state index contributed by atoms with van der Waals surface area (Å²) in [6, 6.07) is 4.38. The highest BCUT2D eigenvalue weighted by molar-refractivity contribution is 5.89. The molecule has 1 saturated heterocycles. The molecule has 1 heterocycles. The second-order valence-electron chi connectivity index (χ2n) is 11.4. The number of carbonyl (C=O) groups excluding carboxylic acids is 3. The minimum Gasteiger partial charge on any atom is -0.344 e. The lowest BCUT2D eigenvalue weighted by Gasteiger charge is -2.35. The van der Waals surface area contributed by atoms with Gasteiger partial charge in [-0.15, -0.1) is 0 Å². The summed E-state index contributed by atoms with van der Waals surface area (Å²) < 4.78 is 38.7. The number of unbranched alkanes of at least 4 members (excludes halogenated alkanes) is 1. The molecule has 1 fully saturated rings. The van der Waals surface area contributed by atoms with E-state index in [4.69, 9.17) is 0 Å². The topological polar surface area (TPSA) is 93.2 Å². The van der Waals surface area contributed by atoms with E-state index in [1.807, 2.05) is 34.6 Å². The maximum atomic E-state index is 13.7.